The molecular formula is C16H14O7. The zero-order valence-electron chi connectivity index (χ0n) is 12.6. The second kappa shape index (κ2) is 4.98. The van der Waals surface area contributed by atoms with Crippen molar-refractivity contribution in [1.82, 2.24) is 0 Å². The fraction of sp³-hybridized carbons (Fsp3) is 0.188. The third kappa shape index (κ3) is 1.93. The summed E-state index contributed by atoms with van der Waals surface area (Å²) in [5.41, 5.74) is -0.0821. The van der Waals surface area contributed by atoms with Gasteiger partial charge in [-0.15, -0.1) is 0 Å². The van der Waals surface area contributed by atoms with Gasteiger partial charge in [0.15, 0.2) is 22.8 Å². The standard InChI is InChI=1S/C16H14O7/c1-6-4-7(17)15(22-3)16-10(6)12(19)11-9(23-16)5-8(18)14(21-2)13(11)20/h4-5,17-18,20H,1-3H3. The molecule has 0 aliphatic rings. The summed E-state index contributed by atoms with van der Waals surface area (Å²) in [6.45, 7) is 1.62. The van der Waals surface area contributed by atoms with Crippen molar-refractivity contribution in [3.8, 4) is 28.7 Å². The van der Waals surface area contributed by atoms with Crippen molar-refractivity contribution in [2.45, 2.75) is 6.92 Å². The SMILES string of the molecule is COc1c(O)cc2oc3c(OC)c(O)cc(C)c3c(=O)c2c1O. The number of phenols is 3. The van der Waals surface area contributed by atoms with Crippen molar-refractivity contribution in [1.29, 1.82) is 0 Å². The Hall–Kier alpha value is -3.09. The van der Waals surface area contributed by atoms with E-state index in [1.807, 2.05) is 0 Å². The minimum Gasteiger partial charge on any atom is -0.504 e. The van der Waals surface area contributed by atoms with E-state index in [0.29, 0.717) is 5.56 Å². The van der Waals surface area contributed by atoms with Crippen molar-refractivity contribution >= 4 is 21.9 Å². The molecule has 0 radical (unpaired) electrons. The molecule has 0 fully saturated rings. The molecule has 3 N–H and O–H groups in total. The van der Waals surface area contributed by atoms with Gasteiger partial charge in [-0.25, -0.2) is 0 Å². The lowest BCUT2D eigenvalue weighted by Gasteiger charge is -2.12. The molecule has 1 aromatic heterocycles. The number of methoxy groups -OCH3 is 2. The number of phenolic OH excluding ortho intramolecular Hbond substituents is 3. The van der Waals surface area contributed by atoms with Gasteiger partial charge in [0.25, 0.3) is 0 Å². The summed E-state index contributed by atoms with van der Waals surface area (Å²) in [4.78, 5) is 12.8. The van der Waals surface area contributed by atoms with E-state index in [0.717, 1.165) is 6.07 Å². The number of ether oxygens (including phenoxy) is 2. The van der Waals surface area contributed by atoms with Crippen LogP contribution in [0, 0.1) is 6.92 Å². The third-order valence-corrected chi connectivity index (χ3v) is 3.69. The first-order valence-corrected chi connectivity index (χ1v) is 6.66. The fourth-order valence-electron chi connectivity index (χ4n) is 2.68. The van der Waals surface area contributed by atoms with Crippen LogP contribution in [-0.4, -0.2) is 29.5 Å². The van der Waals surface area contributed by atoms with Crippen LogP contribution in [0.25, 0.3) is 21.9 Å². The Balaban J connectivity index is 2.64. The van der Waals surface area contributed by atoms with Crippen LogP contribution in [0.4, 0.5) is 0 Å². The van der Waals surface area contributed by atoms with Gasteiger partial charge in [0, 0.05) is 6.07 Å². The average Bonchev–Trinajstić information content (AvgIpc) is 2.46. The topological polar surface area (TPSA) is 109 Å². The Bertz CT molecular complexity index is 995. The normalized spacial score (nSPS) is 11.1. The first kappa shape index (κ1) is 14.8. The summed E-state index contributed by atoms with van der Waals surface area (Å²) >= 11 is 0. The van der Waals surface area contributed by atoms with E-state index in [2.05, 4.69) is 0 Å². The number of aromatic hydroxyl groups is 3. The maximum Gasteiger partial charge on any atom is 0.204 e. The lowest BCUT2D eigenvalue weighted by atomic mass is 10.0. The molecule has 0 aliphatic heterocycles. The van der Waals surface area contributed by atoms with Gasteiger partial charge in [-0.2, -0.15) is 0 Å². The molecule has 0 saturated carbocycles. The Kier molecular flexibility index (Phi) is 3.21. The van der Waals surface area contributed by atoms with E-state index in [-0.39, 0.29) is 44.9 Å². The molecule has 7 heteroatoms. The smallest absolute Gasteiger partial charge is 0.204 e. The predicted octanol–water partition coefficient (Wildman–Crippen LogP) is 2.39. The van der Waals surface area contributed by atoms with Gasteiger partial charge in [-0.3, -0.25) is 4.79 Å². The zero-order valence-corrected chi connectivity index (χ0v) is 12.6. The lowest BCUT2D eigenvalue weighted by Crippen LogP contribution is -2.06. The number of hydrogen-bond donors (Lipinski definition) is 3. The summed E-state index contributed by atoms with van der Waals surface area (Å²) in [5.74, 6) is -1.28. The lowest BCUT2D eigenvalue weighted by molar-refractivity contribution is 0.346. The molecule has 0 amide bonds. The molecule has 0 atom stereocenters. The van der Waals surface area contributed by atoms with Crippen LogP contribution in [0.1, 0.15) is 5.56 Å². The van der Waals surface area contributed by atoms with Crippen molar-refractivity contribution in [3.05, 3.63) is 27.9 Å². The maximum absolute atomic E-state index is 12.8. The number of hydrogen-bond acceptors (Lipinski definition) is 7. The van der Waals surface area contributed by atoms with Crippen LogP contribution < -0.4 is 14.9 Å². The van der Waals surface area contributed by atoms with Crippen LogP contribution >= 0.6 is 0 Å². The first-order valence-electron chi connectivity index (χ1n) is 6.66. The fourth-order valence-corrected chi connectivity index (χ4v) is 2.68. The minimum atomic E-state index is -0.521. The van der Waals surface area contributed by atoms with E-state index in [9.17, 15) is 20.1 Å². The van der Waals surface area contributed by atoms with Crippen LogP contribution in [0.3, 0.4) is 0 Å². The van der Waals surface area contributed by atoms with E-state index < -0.39 is 11.2 Å². The van der Waals surface area contributed by atoms with Crippen LogP contribution in [0.15, 0.2) is 21.3 Å². The summed E-state index contributed by atoms with van der Waals surface area (Å²) in [6.07, 6.45) is 0. The minimum absolute atomic E-state index is 0.000558. The summed E-state index contributed by atoms with van der Waals surface area (Å²) in [7, 11) is 2.59. The molecule has 2 aromatic carbocycles. The molecule has 3 rings (SSSR count). The number of fused-ring (bicyclic) bond motifs is 2. The van der Waals surface area contributed by atoms with Crippen molar-refractivity contribution in [2.75, 3.05) is 14.2 Å². The molecule has 0 spiro atoms. The highest BCUT2D eigenvalue weighted by atomic mass is 16.5. The van der Waals surface area contributed by atoms with Crippen molar-refractivity contribution in [3.63, 3.8) is 0 Å². The van der Waals surface area contributed by atoms with Gasteiger partial charge in [0.1, 0.15) is 11.0 Å². The summed E-state index contributed by atoms with van der Waals surface area (Å²) in [6, 6.07) is 2.53. The van der Waals surface area contributed by atoms with Crippen LogP contribution in [0.2, 0.25) is 0 Å². The Labute approximate surface area is 129 Å². The van der Waals surface area contributed by atoms with E-state index >= 15 is 0 Å². The molecule has 0 unspecified atom stereocenters. The molecule has 23 heavy (non-hydrogen) atoms. The third-order valence-electron chi connectivity index (χ3n) is 3.69. The van der Waals surface area contributed by atoms with Gasteiger partial charge in [0.05, 0.1) is 19.6 Å². The molecule has 120 valence electrons. The molecular weight excluding hydrogens is 304 g/mol. The Morgan fingerprint density at radius 1 is 0.957 bits per heavy atom. The Morgan fingerprint density at radius 3 is 2.17 bits per heavy atom. The second-order valence-corrected chi connectivity index (χ2v) is 5.03. The number of benzene rings is 2. The number of aryl methyl sites for hydroxylation is 1. The Morgan fingerprint density at radius 2 is 1.57 bits per heavy atom. The maximum atomic E-state index is 12.8. The van der Waals surface area contributed by atoms with E-state index in [1.165, 1.54) is 20.3 Å². The molecule has 0 aliphatic carbocycles. The summed E-state index contributed by atoms with van der Waals surface area (Å²) < 4.78 is 15.6. The van der Waals surface area contributed by atoms with Gasteiger partial charge in [0.2, 0.25) is 16.9 Å². The highest BCUT2D eigenvalue weighted by Crippen LogP contribution is 2.43. The monoisotopic (exact) mass is 318 g/mol. The highest BCUT2D eigenvalue weighted by molar-refractivity contribution is 5.99. The predicted molar refractivity (Wildman–Crippen MR) is 82.8 cm³/mol. The van der Waals surface area contributed by atoms with Crippen molar-refractivity contribution in [2.24, 2.45) is 0 Å². The molecule has 7 nitrogen and oxygen atoms in total. The molecule has 0 bridgehead atoms. The van der Waals surface area contributed by atoms with Gasteiger partial charge in [-0.1, -0.05) is 0 Å². The van der Waals surface area contributed by atoms with E-state index in [1.54, 1.807) is 6.92 Å². The van der Waals surface area contributed by atoms with Crippen LogP contribution in [0.5, 0.6) is 28.7 Å². The zero-order chi connectivity index (χ0) is 16.9. The quantitative estimate of drug-likeness (QED) is 0.622. The van der Waals surface area contributed by atoms with Crippen LogP contribution in [-0.2, 0) is 0 Å². The average molecular weight is 318 g/mol. The number of rotatable bonds is 2. The second-order valence-electron chi connectivity index (χ2n) is 5.03. The molecule has 0 saturated heterocycles. The van der Waals surface area contributed by atoms with Crippen molar-refractivity contribution < 1.29 is 29.2 Å². The van der Waals surface area contributed by atoms with Gasteiger partial charge in [-0.05, 0) is 18.6 Å². The molecule has 1 heterocycles. The largest absolute Gasteiger partial charge is 0.504 e. The first-order chi connectivity index (χ1) is 10.9. The summed E-state index contributed by atoms with van der Waals surface area (Å²) in [5, 5.41) is 30.1. The van der Waals surface area contributed by atoms with E-state index in [4.69, 9.17) is 13.9 Å². The molecule has 3 aromatic rings. The van der Waals surface area contributed by atoms with Gasteiger partial charge < -0.3 is 29.2 Å². The highest BCUT2D eigenvalue weighted by Gasteiger charge is 2.23. The van der Waals surface area contributed by atoms with Gasteiger partial charge >= 0.3 is 0 Å².